The number of nitrogens with zero attached hydrogens (tertiary/aromatic N) is 1. The number of hydrogen-bond donors (Lipinski definition) is 0. The minimum absolute atomic E-state index is 0.170. The third-order valence-electron chi connectivity index (χ3n) is 5.20. The summed E-state index contributed by atoms with van der Waals surface area (Å²) in [5.74, 6) is 0.207. The fourth-order valence-corrected chi connectivity index (χ4v) is 4.09. The highest BCUT2D eigenvalue weighted by atomic mass is 35.5. The van der Waals surface area contributed by atoms with Crippen LogP contribution in [0, 0.1) is 11.2 Å². The van der Waals surface area contributed by atoms with Crippen LogP contribution in [0.2, 0.25) is 0 Å². The van der Waals surface area contributed by atoms with Gasteiger partial charge in [0.25, 0.3) is 0 Å². The zero-order chi connectivity index (χ0) is 14.0. The molecule has 1 aliphatic carbocycles. The summed E-state index contributed by atoms with van der Waals surface area (Å²) in [5.41, 5.74) is 2.48. The predicted molar refractivity (Wildman–Crippen MR) is 82.9 cm³/mol. The van der Waals surface area contributed by atoms with Crippen molar-refractivity contribution in [3.05, 3.63) is 29.6 Å². The predicted octanol–water partition coefficient (Wildman–Crippen LogP) is 5.12. The van der Waals surface area contributed by atoms with Crippen molar-refractivity contribution in [2.24, 2.45) is 5.41 Å². The van der Waals surface area contributed by atoms with Gasteiger partial charge in [-0.15, -0.1) is 11.6 Å². The van der Waals surface area contributed by atoms with E-state index in [-0.39, 0.29) is 5.82 Å². The Morgan fingerprint density at radius 2 is 1.70 bits per heavy atom. The molecule has 0 atom stereocenters. The number of halogens is 2. The molecule has 1 nitrogen and oxygen atoms in total. The summed E-state index contributed by atoms with van der Waals surface area (Å²) >= 11 is 5.84. The van der Waals surface area contributed by atoms with Crippen molar-refractivity contribution in [1.82, 2.24) is 0 Å². The largest absolute Gasteiger partial charge is 0.371 e. The molecule has 2 fully saturated rings. The van der Waals surface area contributed by atoms with Crippen LogP contribution in [0.25, 0.3) is 0 Å². The van der Waals surface area contributed by atoms with E-state index in [0.29, 0.717) is 11.3 Å². The first kappa shape index (κ1) is 14.2. The van der Waals surface area contributed by atoms with Gasteiger partial charge in [-0.25, -0.2) is 4.39 Å². The maximum absolute atomic E-state index is 13.6. The summed E-state index contributed by atoms with van der Waals surface area (Å²) in [6.45, 7) is 2.12. The molecule has 0 unspecified atom stereocenters. The molecule has 1 aliphatic heterocycles. The Bertz CT molecular complexity index is 458. The molecule has 3 heteroatoms. The van der Waals surface area contributed by atoms with Gasteiger partial charge < -0.3 is 4.90 Å². The van der Waals surface area contributed by atoms with Gasteiger partial charge in [0.1, 0.15) is 5.82 Å². The molecule has 0 N–H and O–H groups in total. The number of piperidine rings is 1. The molecule has 1 heterocycles. The van der Waals surface area contributed by atoms with Crippen molar-refractivity contribution >= 4 is 17.3 Å². The molecule has 0 aromatic heterocycles. The minimum Gasteiger partial charge on any atom is -0.371 e. The van der Waals surface area contributed by atoms with Crippen LogP contribution in [0.5, 0.6) is 0 Å². The van der Waals surface area contributed by atoms with Gasteiger partial charge >= 0.3 is 0 Å². The standard InChI is InChI=1S/C17H23ClFN/c18-13-14-10-15(19)12-16(11-14)20-8-6-17(7-9-20)4-2-1-3-5-17/h10-12H,1-9,13H2. The van der Waals surface area contributed by atoms with Crippen molar-refractivity contribution < 1.29 is 4.39 Å². The van der Waals surface area contributed by atoms with E-state index in [1.54, 1.807) is 6.07 Å². The third-order valence-corrected chi connectivity index (χ3v) is 5.51. The highest BCUT2D eigenvalue weighted by molar-refractivity contribution is 6.17. The van der Waals surface area contributed by atoms with Gasteiger partial charge in [0.2, 0.25) is 0 Å². The maximum Gasteiger partial charge on any atom is 0.125 e. The van der Waals surface area contributed by atoms with E-state index in [4.69, 9.17) is 11.6 Å². The van der Waals surface area contributed by atoms with Gasteiger partial charge in [0.05, 0.1) is 0 Å². The van der Waals surface area contributed by atoms with Crippen molar-refractivity contribution in [3.8, 4) is 0 Å². The maximum atomic E-state index is 13.6. The van der Waals surface area contributed by atoms with Gasteiger partial charge in [-0.2, -0.15) is 0 Å². The van der Waals surface area contributed by atoms with Gasteiger partial charge in [-0.1, -0.05) is 19.3 Å². The van der Waals surface area contributed by atoms with Crippen LogP contribution in [0.3, 0.4) is 0 Å². The van der Waals surface area contributed by atoms with Crippen LogP contribution in [0.4, 0.5) is 10.1 Å². The van der Waals surface area contributed by atoms with Gasteiger partial charge in [-0.05, 0) is 54.9 Å². The molecular formula is C17H23ClFN. The Kier molecular flexibility index (Phi) is 4.21. The Hall–Kier alpha value is -0.760. The summed E-state index contributed by atoms with van der Waals surface area (Å²) in [6.07, 6.45) is 9.54. The summed E-state index contributed by atoms with van der Waals surface area (Å²) in [7, 11) is 0. The quantitative estimate of drug-likeness (QED) is 0.685. The smallest absolute Gasteiger partial charge is 0.125 e. The molecule has 0 amide bonds. The first-order valence-electron chi connectivity index (χ1n) is 7.81. The van der Waals surface area contributed by atoms with E-state index in [2.05, 4.69) is 4.90 Å². The van der Waals surface area contributed by atoms with Gasteiger partial charge in [0.15, 0.2) is 0 Å². The molecule has 1 saturated heterocycles. The Morgan fingerprint density at radius 1 is 1.00 bits per heavy atom. The lowest BCUT2D eigenvalue weighted by atomic mass is 9.68. The average Bonchev–Trinajstić information content (AvgIpc) is 2.48. The monoisotopic (exact) mass is 295 g/mol. The minimum atomic E-state index is -0.170. The van der Waals surface area contributed by atoms with E-state index >= 15 is 0 Å². The molecule has 1 aromatic rings. The summed E-state index contributed by atoms with van der Waals surface area (Å²) in [5, 5.41) is 0. The summed E-state index contributed by atoms with van der Waals surface area (Å²) < 4.78 is 13.6. The second-order valence-corrected chi connectivity index (χ2v) is 6.77. The van der Waals surface area contributed by atoms with Crippen LogP contribution >= 0.6 is 11.6 Å². The fraction of sp³-hybridized carbons (Fsp3) is 0.647. The van der Waals surface area contributed by atoms with Crippen molar-refractivity contribution in [3.63, 3.8) is 0 Å². The Labute approximate surface area is 126 Å². The van der Waals surface area contributed by atoms with Crippen LogP contribution in [0.1, 0.15) is 50.5 Å². The number of anilines is 1. The molecule has 1 saturated carbocycles. The fourth-order valence-electron chi connectivity index (χ4n) is 3.93. The lowest BCUT2D eigenvalue weighted by molar-refractivity contribution is 0.144. The number of benzene rings is 1. The van der Waals surface area contributed by atoms with Crippen LogP contribution < -0.4 is 4.90 Å². The van der Waals surface area contributed by atoms with E-state index in [1.165, 1.54) is 51.0 Å². The lowest BCUT2D eigenvalue weighted by Gasteiger charge is -2.45. The van der Waals surface area contributed by atoms with E-state index in [1.807, 2.05) is 6.07 Å². The molecule has 2 aliphatic rings. The topological polar surface area (TPSA) is 3.24 Å². The molecule has 1 aromatic carbocycles. The van der Waals surface area contributed by atoms with Crippen LogP contribution in [0.15, 0.2) is 18.2 Å². The number of rotatable bonds is 2. The van der Waals surface area contributed by atoms with E-state index < -0.39 is 0 Å². The van der Waals surface area contributed by atoms with Gasteiger partial charge in [0, 0.05) is 24.7 Å². The zero-order valence-corrected chi connectivity index (χ0v) is 12.8. The van der Waals surface area contributed by atoms with E-state index in [9.17, 15) is 4.39 Å². The second-order valence-electron chi connectivity index (χ2n) is 6.50. The average molecular weight is 296 g/mol. The van der Waals surface area contributed by atoms with Crippen molar-refractivity contribution in [2.75, 3.05) is 18.0 Å². The molecular weight excluding hydrogens is 273 g/mol. The normalized spacial score (nSPS) is 22.2. The molecule has 20 heavy (non-hydrogen) atoms. The van der Waals surface area contributed by atoms with Crippen LogP contribution in [-0.4, -0.2) is 13.1 Å². The molecule has 0 radical (unpaired) electrons. The van der Waals surface area contributed by atoms with Crippen LogP contribution in [-0.2, 0) is 5.88 Å². The molecule has 110 valence electrons. The summed E-state index contributed by atoms with van der Waals surface area (Å²) in [4.78, 5) is 2.33. The SMILES string of the molecule is Fc1cc(CCl)cc(N2CCC3(CCCCC3)CC2)c1. The molecule has 1 spiro atoms. The first-order chi connectivity index (χ1) is 9.71. The molecule has 0 bridgehead atoms. The Balaban J connectivity index is 1.70. The number of hydrogen-bond acceptors (Lipinski definition) is 1. The Morgan fingerprint density at radius 3 is 2.35 bits per heavy atom. The third kappa shape index (κ3) is 2.95. The highest BCUT2D eigenvalue weighted by Crippen LogP contribution is 2.45. The van der Waals surface area contributed by atoms with Crippen molar-refractivity contribution in [2.45, 2.75) is 50.8 Å². The second kappa shape index (κ2) is 5.93. The van der Waals surface area contributed by atoms with Gasteiger partial charge in [-0.3, -0.25) is 0 Å². The van der Waals surface area contributed by atoms with E-state index in [0.717, 1.165) is 24.3 Å². The highest BCUT2D eigenvalue weighted by Gasteiger charge is 2.35. The zero-order valence-electron chi connectivity index (χ0n) is 12.0. The lowest BCUT2D eigenvalue weighted by Crippen LogP contribution is -2.41. The van der Waals surface area contributed by atoms with Crippen molar-refractivity contribution in [1.29, 1.82) is 0 Å². The molecule has 3 rings (SSSR count). The summed E-state index contributed by atoms with van der Waals surface area (Å²) in [6, 6.07) is 5.22. The number of alkyl halides is 1. The first-order valence-corrected chi connectivity index (χ1v) is 8.35.